The van der Waals surface area contributed by atoms with Crippen LogP contribution in [0, 0.1) is 11.9 Å². The summed E-state index contributed by atoms with van der Waals surface area (Å²) in [5.74, 6) is -0.302. The zero-order valence-electron chi connectivity index (χ0n) is 12.8. The van der Waals surface area contributed by atoms with Crippen molar-refractivity contribution in [2.45, 2.75) is 50.4 Å². The topological polar surface area (TPSA) is 71.2 Å². The highest BCUT2D eigenvalue weighted by atomic mass is 19.1. The van der Waals surface area contributed by atoms with Crippen LogP contribution in [0.15, 0.2) is 24.8 Å². The minimum Gasteiger partial charge on any atom is -0.393 e. The first-order chi connectivity index (χ1) is 11.1. The molecule has 122 valence electrons. The number of aliphatic hydroxyl groups excluding tert-OH is 2. The molecule has 1 aliphatic heterocycles. The third-order valence-electron chi connectivity index (χ3n) is 5.29. The van der Waals surface area contributed by atoms with Gasteiger partial charge in [-0.05, 0) is 49.7 Å². The number of imidazole rings is 1. The average molecular weight is 317 g/mol. The first-order valence-corrected chi connectivity index (χ1v) is 8.17. The molecule has 2 aliphatic rings. The van der Waals surface area contributed by atoms with E-state index in [9.17, 15) is 14.6 Å². The highest BCUT2D eigenvalue weighted by Gasteiger charge is 2.34. The summed E-state index contributed by atoms with van der Waals surface area (Å²) in [5.41, 5.74) is 2.67. The normalized spacial score (nSPS) is 27.5. The summed E-state index contributed by atoms with van der Waals surface area (Å²) >= 11 is 0. The van der Waals surface area contributed by atoms with Crippen molar-refractivity contribution in [3.8, 4) is 11.3 Å². The Morgan fingerprint density at radius 3 is 2.83 bits per heavy atom. The van der Waals surface area contributed by atoms with Crippen molar-refractivity contribution in [3.05, 3.63) is 36.3 Å². The molecule has 23 heavy (non-hydrogen) atoms. The molecule has 2 atom stereocenters. The van der Waals surface area contributed by atoms with Crippen LogP contribution in [-0.2, 0) is 0 Å². The van der Waals surface area contributed by atoms with E-state index in [1.807, 2.05) is 4.57 Å². The molecular weight excluding hydrogens is 297 g/mol. The van der Waals surface area contributed by atoms with Crippen LogP contribution in [0.5, 0.6) is 0 Å². The Morgan fingerprint density at radius 1 is 1.26 bits per heavy atom. The monoisotopic (exact) mass is 317 g/mol. The summed E-state index contributed by atoms with van der Waals surface area (Å²) < 4.78 is 15.6. The van der Waals surface area contributed by atoms with Gasteiger partial charge in [0.25, 0.3) is 0 Å². The molecule has 5 nitrogen and oxygen atoms in total. The number of nitrogens with zero attached hydrogens (tertiary/aromatic N) is 3. The van der Waals surface area contributed by atoms with E-state index in [0.717, 1.165) is 42.5 Å². The van der Waals surface area contributed by atoms with Gasteiger partial charge in [-0.3, -0.25) is 0 Å². The van der Waals surface area contributed by atoms with Crippen molar-refractivity contribution in [2.24, 2.45) is 5.92 Å². The van der Waals surface area contributed by atoms with Gasteiger partial charge in [-0.2, -0.15) is 4.39 Å². The zero-order valence-corrected chi connectivity index (χ0v) is 12.8. The zero-order chi connectivity index (χ0) is 16.0. The van der Waals surface area contributed by atoms with Gasteiger partial charge < -0.3 is 14.8 Å². The SMILES string of the molecule is OC1CCC(C(O)CC2c3cc(F)ncc3-c3cncn32)CC1. The maximum Gasteiger partial charge on any atom is 0.213 e. The lowest BCUT2D eigenvalue weighted by atomic mass is 9.81. The first kappa shape index (κ1) is 14.8. The summed E-state index contributed by atoms with van der Waals surface area (Å²) in [6.45, 7) is 0. The van der Waals surface area contributed by atoms with Gasteiger partial charge in [0, 0.05) is 11.8 Å². The molecule has 6 heteroatoms. The molecule has 2 N–H and O–H groups in total. The smallest absolute Gasteiger partial charge is 0.213 e. The maximum atomic E-state index is 13.6. The molecule has 0 aromatic carbocycles. The van der Waals surface area contributed by atoms with Gasteiger partial charge in [0.2, 0.25) is 5.95 Å². The van der Waals surface area contributed by atoms with Crippen LogP contribution in [-0.4, -0.2) is 37.0 Å². The predicted octanol–water partition coefficient (Wildman–Crippen LogP) is 2.29. The van der Waals surface area contributed by atoms with Crippen LogP contribution in [0.4, 0.5) is 4.39 Å². The second kappa shape index (κ2) is 5.69. The molecule has 0 bridgehead atoms. The molecule has 3 heterocycles. The van der Waals surface area contributed by atoms with Crippen LogP contribution in [0.3, 0.4) is 0 Å². The predicted molar refractivity (Wildman–Crippen MR) is 82.1 cm³/mol. The molecule has 0 amide bonds. The highest BCUT2D eigenvalue weighted by Crippen LogP contribution is 2.42. The van der Waals surface area contributed by atoms with Crippen LogP contribution in [0.25, 0.3) is 11.3 Å². The second-order valence-corrected chi connectivity index (χ2v) is 6.67. The van der Waals surface area contributed by atoms with E-state index in [1.165, 1.54) is 6.07 Å². The lowest BCUT2D eigenvalue weighted by molar-refractivity contribution is 0.0329. The number of pyridine rings is 1. The number of fused-ring (bicyclic) bond motifs is 3. The van der Waals surface area contributed by atoms with Crippen LogP contribution >= 0.6 is 0 Å². The first-order valence-electron chi connectivity index (χ1n) is 8.17. The van der Waals surface area contributed by atoms with Crippen molar-refractivity contribution >= 4 is 0 Å². The van der Waals surface area contributed by atoms with Gasteiger partial charge in [-0.15, -0.1) is 0 Å². The number of rotatable bonds is 3. The summed E-state index contributed by atoms with van der Waals surface area (Å²) in [7, 11) is 0. The fourth-order valence-electron chi connectivity index (χ4n) is 3.99. The summed E-state index contributed by atoms with van der Waals surface area (Å²) in [6.07, 6.45) is 8.03. The summed E-state index contributed by atoms with van der Waals surface area (Å²) in [6, 6.07) is 1.35. The average Bonchev–Trinajstić information content (AvgIpc) is 3.11. The van der Waals surface area contributed by atoms with Crippen molar-refractivity contribution in [2.75, 3.05) is 0 Å². The highest BCUT2D eigenvalue weighted by molar-refractivity contribution is 5.67. The number of aromatic nitrogens is 3. The van der Waals surface area contributed by atoms with E-state index in [4.69, 9.17) is 0 Å². The van der Waals surface area contributed by atoms with E-state index >= 15 is 0 Å². The Labute approximate surface area is 133 Å². The van der Waals surface area contributed by atoms with E-state index in [0.29, 0.717) is 6.42 Å². The number of hydrogen-bond acceptors (Lipinski definition) is 4. The van der Waals surface area contributed by atoms with Crippen molar-refractivity contribution in [1.29, 1.82) is 0 Å². The third kappa shape index (κ3) is 2.56. The summed E-state index contributed by atoms with van der Waals surface area (Å²) in [5, 5.41) is 20.3. The van der Waals surface area contributed by atoms with Crippen molar-refractivity contribution < 1.29 is 14.6 Å². The Hall–Kier alpha value is -1.79. The molecule has 4 rings (SSSR count). The molecule has 0 radical (unpaired) electrons. The minimum atomic E-state index is -0.497. The largest absolute Gasteiger partial charge is 0.393 e. The number of halogens is 1. The minimum absolute atomic E-state index is 0.109. The Bertz CT molecular complexity index is 710. The molecule has 0 spiro atoms. The molecule has 2 aromatic rings. The molecule has 2 unspecified atom stereocenters. The number of aliphatic hydroxyl groups is 2. The molecule has 0 saturated heterocycles. The van der Waals surface area contributed by atoms with E-state index < -0.39 is 12.1 Å². The Kier molecular flexibility index (Phi) is 3.66. The van der Waals surface area contributed by atoms with Crippen molar-refractivity contribution in [3.63, 3.8) is 0 Å². The number of hydrogen-bond donors (Lipinski definition) is 2. The molecule has 1 aliphatic carbocycles. The molecular formula is C17H20FN3O2. The Morgan fingerprint density at radius 2 is 2.04 bits per heavy atom. The van der Waals surface area contributed by atoms with Gasteiger partial charge in [0.15, 0.2) is 0 Å². The second-order valence-electron chi connectivity index (χ2n) is 6.67. The molecule has 1 fully saturated rings. The maximum absolute atomic E-state index is 13.6. The quantitative estimate of drug-likeness (QED) is 0.852. The fraction of sp³-hybridized carbons (Fsp3) is 0.529. The van der Waals surface area contributed by atoms with Gasteiger partial charge in [0.1, 0.15) is 0 Å². The lowest BCUT2D eigenvalue weighted by Gasteiger charge is -2.31. The molecule has 1 saturated carbocycles. The van der Waals surface area contributed by atoms with Crippen LogP contribution in [0.2, 0.25) is 0 Å². The fourth-order valence-corrected chi connectivity index (χ4v) is 3.99. The third-order valence-corrected chi connectivity index (χ3v) is 5.29. The molecule has 2 aromatic heterocycles. The van der Waals surface area contributed by atoms with Crippen LogP contribution in [0.1, 0.15) is 43.7 Å². The van der Waals surface area contributed by atoms with Gasteiger partial charge >= 0.3 is 0 Å². The van der Waals surface area contributed by atoms with Gasteiger partial charge in [0.05, 0.1) is 36.5 Å². The van der Waals surface area contributed by atoms with Crippen molar-refractivity contribution in [1.82, 2.24) is 14.5 Å². The van der Waals surface area contributed by atoms with E-state index in [2.05, 4.69) is 9.97 Å². The van der Waals surface area contributed by atoms with Gasteiger partial charge in [-0.1, -0.05) is 0 Å². The Balaban J connectivity index is 1.58. The summed E-state index contributed by atoms with van der Waals surface area (Å²) in [4.78, 5) is 7.91. The van der Waals surface area contributed by atoms with Gasteiger partial charge in [-0.25, -0.2) is 9.97 Å². The standard InChI is InChI=1S/C17H20FN3O2/c18-17-5-12-13(7-20-17)15-8-19-9-21(15)14(12)6-16(23)10-1-3-11(22)4-2-10/h5,7-11,14,16,22-23H,1-4,6H2. The van der Waals surface area contributed by atoms with Crippen LogP contribution < -0.4 is 0 Å². The lowest BCUT2D eigenvalue weighted by Crippen LogP contribution is -2.29. The van der Waals surface area contributed by atoms with E-state index in [-0.39, 0.29) is 18.1 Å². The van der Waals surface area contributed by atoms with E-state index in [1.54, 1.807) is 18.7 Å².